The lowest BCUT2D eigenvalue weighted by Crippen LogP contribution is -2.50. The second kappa shape index (κ2) is 17.3. The summed E-state index contributed by atoms with van der Waals surface area (Å²) in [6, 6.07) is 6.70. The maximum Gasteiger partial charge on any atom is 0.0919 e. The van der Waals surface area contributed by atoms with Crippen molar-refractivity contribution in [1.29, 1.82) is 15.8 Å². The van der Waals surface area contributed by atoms with Crippen LogP contribution in [0.1, 0.15) is 90.4 Å². The van der Waals surface area contributed by atoms with Crippen molar-refractivity contribution in [2.45, 2.75) is 90.4 Å². The predicted molar refractivity (Wildman–Crippen MR) is 102 cm³/mol. The molecule has 0 aliphatic heterocycles. The van der Waals surface area contributed by atoms with E-state index in [1.807, 2.05) is 0 Å². The van der Waals surface area contributed by atoms with Crippen LogP contribution in [0, 0.1) is 34.0 Å². The number of quaternary nitrogens is 1. The van der Waals surface area contributed by atoms with E-state index in [2.05, 4.69) is 25.1 Å². The van der Waals surface area contributed by atoms with Gasteiger partial charge in [0.2, 0.25) is 0 Å². The van der Waals surface area contributed by atoms with Crippen molar-refractivity contribution in [3.05, 3.63) is 0 Å². The largest absolute Gasteiger partial charge is 0.321 e. The van der Waals surface area contributed by atoms with Crippen molar-refractivity contribution in [2.75, 3.05) is 26.2 Å². The molecule has 0 saturated carbocycles. The monoisotopic (exact) mass is 345 g/mol. The number of hydrogen-bond donors (Lipinski definition) is 0. The van der Waals surface area contributed by atoms with Crippen LogP contribution in [0.15, 0.2) is 0 Å². The minimum absolute atomic E-state index is 0.509. The van der Waals surface area contributed by atoms with Crippen LogP contribution < -0.4 is 0 Å². The molecular formula is C21H37N4+. The summed E-state index contributed by atoms with van der Waals surface area (Å²) in [5, 5.41) is 26.8. The summed E-state index contributed by atoms with van der Waals surface area (Å²) in [5.74, 6) is 0. The normalized spacial score (nSPS) is 10.8. The summed E-state index contributed by atoms with van der Waals surface area (Å²) >= 11 is 0. The average Bonchev–Trinajstić information content (AvgIpc) is 2.64. The highest BCUT2D eigenvalue weighted by atomic mass is 15.3. The Hall–Kier alpha value is -1.57. The van der Waals surface area contributed by atoms with Gasteiger partial charge in [-0.15, -0.1) is 0 Å². The summed E-state index contributed by atoms with van der Waals surface area (Å²) in [4.78, 5) is 0. The van der Waals surface area contributed by atoms with E-state index in [4.69, 9.17) is 15.8 Å². The first-order valence-electron chi connectivity index (χ1n) is 10.2. The molecule has 0 aliphatic rings. The molecule has 0 rings (SSSR count). The molecule has 0 aromatic heterocycles. The van der Waals surface area contributed by atoms with Crippen LogP contribution in [0.4, 0.5) is 0 Å². The molecule has 0 unspecified atom stereocenters. The van der Waals surface area contributed by atoms with E-state index in [9.17, 15) is 0 Å². The lowest BCUT2D eigenvalue weighted by molar-refractivity contribution is -0.927. The minimum atomic E-state index is 0.509. The van der Waals surface area contributed by atoms with Gasteiger partial charge in [-0.25, -0.2) is 0 Å². The lowest BCUT2D eigenvalue weighted by Gasteiger charge is -2.37. The Bertz CT molecular complexity index is 379. The van der Waals surface area contributed by atoms with Gasteiger partial charge in [-0.05, 0) is 12.8 Å². The van der Waals surface area contributed by atoms with Crippen LogP contribution >= 0.6 is 0 Å². The Morgan fingerprint density at radius 1 is 0.520 bits per heavy atom. The van der Waals surface area contributed by atoms with Crippen LogP contribution in [-0.4, -0.2) is 30.7 Å². The number of rotatable bonds is 17. The van der Waals surface area contributed by atoms with Gasteiger partial charge in [-0.3, -0.25) is 0 Å². The Kier molecular flexibility index (Phi) is 16.2. The van der Waals surface area contributed by atoms with Crippen molar-refractivity contribution in [3.8, 4) is 18.2 Å². The zero-order valence-electron chi connectivity index (χ0n) is 16.3. The van der Waals surface area contributed by atoms with Gasteiger partial charge < -0.3 is 4.48 Å². The van der Waals surface area contributed by atoms with E-state index >= 15 is 0 Å². The lowest BCUT2D eigenvalue weighted by atomic mass is 10.1. The molecule has 4 nitrogen and oxygen atoms in total. The zero-order chi connectivity index (χ0) is 18.6. The van der Waals surface area contributed by atoms with Gasteiger partial charge >= 0.3 is 0 Å². The standard InChI is InChI=1S/C21H37N4/c1-2-3-4-5-6-7-8-9-10-11-18-25(19-12-15-22,20-13-16-23)21-14-17-24/h2-14,18-21H2,1H3/q+1. The molecule has 4 heteroatoms. The summed E-state index contributed by atoms with van der Waals surface area (Å²) in [5.41, 5.74) is 0. The SMILES string of the molecule is CCCCCCCCCCCC[N+](CCC#N)(CCC#N)CCC#N. The van der Waals surface area contributed by atoms with Crippen molar-refractivity contribution in [3.63, 3.8) is 0 Å². The van der Waals surface area contributed by atoms with Crippen molar-refractivity contribution in [1.82, 2.24) is 0 Å². The summed E-state index contributed by atoms with van der Waals surface area (Å²) < 4.78 is 0.770. The van der Waals surface area contributed by atoms with Gasteiger partial charge in [0.25, 0.3) is 0 Å². The molecule has 0 heterocycles. The van der Waals surface area contributed by atoms with Crippen molar-refractivity contribution in [2.24, 2.45) is 0 Å². The third-order valence-corrected chi connectivity index (χ3v) is 5.08. The van der Waals surface area contributed by atoms with Gasteiger partial charge in [0.1, 0.15) is 0 Å². The van der Waals surface area contributed by atoms with Crippen LogP contribution in [-0.2, 0) is 0 Å². The third-order valence-electron chi connectivity index (χ3n) is 5.08. The first-order chi connectivity index (χ1) is 12.2. The summed E-state index contributed by atoms with van der Waals surface area (Å²) in [6.07, 6.45) is 14.6. The fourth-order valence-corrected chi connectivity index (χ4v) is 3.47. The third kappa shape index (κ3) is 13.4. The highest BCUT2D eigenvalue weighted by Crippen LogP contribution is 2.16. The quantitative estimate of drug-likeness (QED) is 0.259. The Morgan fingerprint density at radius 2 is 0.880 bits per heavy atom. The molecule has 0 bridgehead atoms. The highest BCUT2D eigenvalue weighted by molar-refractivity contribution is 4.74. The molecule has 0 aliphatic carbocycles. The fraction of sp³-hybridized carbons (Fsp3) is 0.857. The molecule has 0 saturated heterocycles. The Labute approximate surface area is 155 Å². The second-order valence-electron chi connectivity index (χ2n) is 7.14. The number of hydrogen-bond acceptors (Lipinski definition) is 3. The second-order valence-corrected chi connectivity index (χ2v) is 7.14. The average molecular weight is 346 g/mol. The van der Waals surface area contributed by atoms with E-state index in [1.165, 1.54) is 57.8 Å². The molecule has 0 aromatic rings. The Balaban J connectivity index is 4.09. The molecule has 0 atom stereocenters. The first kappa shape index (κ1) is 23.4. The van der Waals surface area contributed by atoms with Crippen molar-refractivity contribution < 1.29 is 4.48 Å². The van der Waals surface area contributed by atoms with Gasteiger partial charge in [0.05, 0.1) is 63.6 Å². The predicted octanol–water partition coefficient (Wildman–Crippen LogP) is 5.47. The highest BCUT2D eigenvalue weighted by Gasteiger charge is 2.25. The van der Waals surface area contributed by atoms with Gasteiger partial charge in [-0.1, -0.05) is 58.3 Å². The van der Waals surface area contributed by atoms with E-state index in [0.717, 1.165) is 37.1 Å². The minimum Gasteiger partial charge on any atom is -0.321 e. The summed E-state index contributed by atoms with van der Waals surface area (Å²) in [6.45, 7) is 5.58. The van der Waals surface area contributed by atoms with Gasteiger partial charge in [-0.2, -0.15) is 15.8 Å². The number of nitriles is 3. The van der Waals surface area contributed by atoms with Crippen LogP contribution in [0.2, 0.25) is 0 Å². The molecule has 0 aromatic carbocycles. The first-order valence-corrected chi connectivity index (χ1v) is 10.2. The smallest absolute Gasteiger partial charge is 0.0919 e. The molecule has 0 N–H and O–H groups in total. The molecular weight excluding hydrogens is 308 g/mol. The summed E-state index contributed by atoms with van der Waals surface area (Å²) in [7, 11) is 0. The topological polar surface area (TPSA) is 71.4 Å². The van der Waals surface area contributed by atoms with E-state index in [-0.39, 0.29) is 0 Å². The van der Waals surface area contributed by atoms with Crippen LogP contribution in [0.5, 0.6) is 0 Å². The fourth-order valence-electron chi connectivity index (χ4n) is 3.47. The maximum atomic E-state index is 8.94. The molecule has 25 heavy (non-hydrogen) atoms. The molecule has 0 amide bonds. The van der Waals surface area contributed by atoms with E-state index < -0.39 is 0 Å². The molecule has 0 fully saturated rings. The van der Waals surface area contributed by atoms with Crippen molar-refractivity contribution >= 4 is 0 Å². The number of unbranched alkanes of at least 4 members (excludes halogenated alkanes) is 9. The van der Waals surface area contributed by atoms with E-state index in [0.29, 0.717) is 19.3 Å². The number of nitrogens with zero attached hydrogens (tertiary/aromatic N) is 4. The van der Waals surface area contributed by atoms with Crippen LogP contribution in [0.25, 0.3) is 0 Å². The zero-order valence-corrected chi connectivity index (χ0v) is 16.3. The van der Waals surface area contributed by atoms with Gasteiger partial charge in [0, 0.05) is 0 Å². The molecule has 140 valence electrons. The maximum absolute atomic E-state index is 8.94. The molecule has 0 spiro atoms. The van der Waals surface area contributed by atoms with E-state index in [1.54, 1.807) is 0 Å². The molecule has 0 radical (unpaired) electrons. The van der Waals surface area contributed by atoms with Crippen LogP contribution in [0.3, 0.4) is 0 Å². The Morgan fingerprint density at radius 3 is 1.24 bits per heavy atom. The van der Waals surface area contributed by atoms with Gasteiger partial charge in [0.15, 0.2) is 0 Å².